The Morgan fingerprint density at radius 2 is 2.23 bits per heavy atom. The Morgan fingerprint density at radius 1 is 1.45 bits per heavy atom. The molecule has 1 heterocycles. The third-order valence-electron chi connectivity index (χ3n) is 3.13. The molecule has 114 valence electrons. The maximum Gasteiger partial charge on any atom is 0.352 e. The van der Waals surface area contributed by atoms with Crippen LogP contribution < -0.4 is 5.32 Å². The summed E-state index contributed by atoms with van der Waals surface area (Å²) in [5, 5.41) is 11.3. The highest BCUT2D eigenvalue weighted by atomic mass is 19.1. The zero-order valence-electron chi connectivity index (χ0n) is 11.6. The Kier molecular flexibility index (Phi) is 4.86. The second-order valence-electron chi connectivity index (χ2n) is 4.45. The maximum absolute atomic E-state index is 14.0. The molecule has 5 nitrogen and oxygen atoms in total. The van der Waals surface area contributed by atoms with E-state index in [1.807, 2.05) is 0 Å². The van der Waals surface area contributed by atoms with E-state index in [0.717, 1.165) is 12.1 Å². The lowest BCUT2D eigenvalue weighted by atomic mass is 9.87. The van der Waals surface area contributed by atoms with Gasteiger partial charge in [0.15, 0.2) is 0 Å². The molecule has 1 aromatic rings. The van der Waals surface area contributed by atoms with Crippen LogP contribution in [0.5, 0.6) is 0 Å². The maximum atomic E-state index is 14.0. The van der Waals surface area contributed by atoms with Gasteiger partial charge in [0.25, 0.3) is 6.26 Å². The summed E-state index contributed by atoms with van der Waals surface area (Å²) in [5.41, 5.74) is 0.480. The number of ether oxygens (including phenoxy) is 2. The van der Waals surface area contributed by atoms with E-state index in [2.05, 4.69) is 10.1 Å². The first-order valence-corrected chi connectivity index (χ1v) is 6.29. The van der Waals surface area contributed by atoms with Crippen LogP contribution in [0.2, 0.25) is 0 Å². The van der Waals surface area contributed by atoms with E-state index in [0.29, 0.717) is 5.70 Å². The minimum absolute atomic E-state index is 0.0383. The Labute approximate surface area is 125 Å². The number of nitrogens with zero attached hydrogens (tertiary/aromatic N) is 1. The molecule has 1 N–H and O–H groups in total. The largest absolute Gasteiger partial charge is 0.378 e. The van der Waals surface area contributed by atoms with E-state index in [4.69, 9.17) is 10.00 Å². The minimum atomic E-state index is -0.917. The Morgan fingerprint density at radius 3 is 2.86 bits per heavy atom. The van der Waals surface area contributed by atoms with E-state index in [9.17, 15) is 13.6 Å². The fourth-order valence-corrected chi connectivity index (χ4v) is 2.23. The summed E-state index contributed by atoms with van der Waals surface area (Å²) < 4.78 is 36.4. The number of halogens is 2. The predicted octanol–water partition coefficient (Wildman–Crippen LogP) is 2.09. The van der Waals surface area contributed by atoms with Gasteiger partial charge in [-0.2, -0.15) is 0 Å². The number of rotatable bonds is 4. The third-order valence-corrected chi connectivity index (χ3v) is 3.13. The molecule has 0 spiro atoms. The molecule has 0 aromatic heterocycles. The lowest BCUT2D eigenvalue weighted by Gasteiger charge is -2.23. The first-order valence-electron chi connectivity index (χ1n) is 6.29. The molecule has 0 amide bonds. The monoisotopic (exact) mass is 306 g/mol. The van der Waals surface area contributed by atoms with Crippen molar-refractivity contribution in [1.29, 1.82) is 5.26 Å². The number of dihydropyridines is 1. The topological polar surface area (TPSA) is 71.3 Å². The van der Waals surface area contributed by atoms with Crippen LogP contribution in [0.15, 0.2) is 41.7 Å². The van der Waals surface area contributed by atoms with Crippen molar-refractivity contribution in [2.75, 3.05) is 13.7 Å². The van der Waals surface area contributed by atoms with E-state index in [1.165, 1.54) is 31.7 Å². The summed E-state index contributed by atoms with van der Waals surface area (Å²) in [5.74, 6) is -3.25. The molecular weight excluding hydrogens is 294 g/mol. The molecule has 0 bridgehead atoms. The highest BCUT2D eigenvalue weighted by Gasteiger charge is 2.30. The summed E-state index contributed by atoms with van der Waals surface area (Å²) in [6.45, 7) is 0.0412. The summed E-state index contributed by atoms with van der Waals surface area (Å²) in [6, 6.07) is 3.07. The van der Waals surface area contributed by atoms with Crippen molar-refractivity contribution >= 4 is 5.97 Å². The summed E-state index contributed by atoms with van der Waals surface area (Å²) in [4.78, 5) is 12.0. The zero-order valence-corrected chi connectivity index (χ0v) is 11.6. The molecular formula is C15H12F2N2O3. The molecule has 1 aliphatic rings. The standard InChI is InChI=1S/C15H12F2N2O3/c1-21-7-13-14(15(20)22-8-18)11(4-5-19-13)10-3-2-9(16)6-12(10)17/h2-6,11,19H,7H2,1H3. The van der Waals surface area contributed by atoms with Crippen LogP contribution >= 0.6 is 0 Å². The fraction of sp³-hybridized carbons (Fsp3) is 0.200. The number of carbonyl (C=O) groups excluding carboxylic acids is 1. The molecule has 0 saturated heterocycles. The second kappa shape index (κ2) is 6.83. The zero-order chi connectivity index (χ0) is 16.1. The minimum Gasteiger partial charge on any atom is -0.378 e. The van der Waals surface area contributed by atoms with E-state index in [-0.39, 0.29) is 17.7 Å². The van der Waals surface area contributed by atoms with Crippen molar-refractivity contribution in [3.05, 3.63) is 58.9 Å². The van der Waals surface area contributed by atoms with Crippen molar-refractivity contribution in [1.82, 2.24) is 5.32 Å². The SMILES string of the molecule is COCC1=C(C(=O)OC#N)C(c2ccc(F)cc2F)C=CN1. The molecule has 1 aliphatic heterocycles. The molecule has 1 unspecified atom stereocenters. The second-order valence-corrected chi connectivity index (χ2v) is 4.45. The van der Waals surface area contributed by atoms with Crippen LogP contribution in [-0.2, 0) is 14.3 Å². The van der Waals surface area contributed by atoms with Crippen molar-refractivity contribution in [3.8, 4) is 6.26 Å². The molecule has 22 heavy (non-hydrogen) atoms. The molecule has 0 radical (unpaired) electrons. The van der Waals surface area contributed by atoms with Gasteiger partial charge in [0.2, 0.25) is 0 Å². The Hall–Kier alpha value is -2.72. The molecule has 0 fully saturated rings. The number of carbonyl (C=O) groups is 1. The van der Waals surface area contributed by atoms with Gasteiger partial charge in [0.1, 0.15) is 11.6 Å². The number of methoxy groups -OCH3 is 1. The molecule has 0 aliphatic carbocycles. The number of allylic oxidation sites excluding steroid dienone is 1. The van der Waals surface area contributed by atoms with E-state index < -0.39 is 23.5 Å². The van der Waals surface area contributed by atoms with Crippen LogP contribution in [0.3, 0.4) is 0 Å². The van der Waals surface area contributed by atoms with Crippen molar-refractivity contribution in [3.63, 3.8) is 0 Å². The van der Waals surface area contributed by atoms with Crippen molar-refractivity contribution in [2.45, 2.75) is 5.92 Å². The molecule has 1 atom stereocenters. The highest BCUT2D eigenvalue weighted by Crippen LogP contribution is 2.33. The molecule has 1 aromatic carbocycles. The van der Waals surface area contributed by atoms with Gasteiger partial charge in [-0.25, -0.2) is 13.6 Å². The summed E-state index contributed by atoms with van der Waals surface area (Å²) in [7, 11) is 1.42. The number of hydrogen-bond acceptors (Lipinski definition) is 5. The van der Waals surface area contributed by atoms with Gasteiger partial charge in [0.05, 0.1) is 17.9 Å². The van der Waals surface area contributed by atoms with Gasteiger partial charge >= 0.3 is 5.97 Å². The van der Waals surface area contributed by atoms with Gasteiger partial charge in [-0.15, -0.1) is 5.26 Å². The first kappa shape index (κ1) is 15.7. The quantitative estimate of drug-likeness (QED) is 0.681. The summed E-state index contributed by atoms with van der Waals surface area (Å²) in [6.07, 6.45) is 4.33. The van der Waals surface area contributed by atoms with Crippen LogP contribution in [-0.4, -0.2) is 19.7 Å². The van der Waals surface area contributed by atoms with E-state index >= 15 is 0 Å². The predicted molar refractivity (Wildman–Crippen MR) is 72.0 cm³/mol. The lowest BCUT2D eigenvalue weighted by molar-refractivity contribution is -0.133. The van der Waals surface area contributed by atoms with Gasteiger partial charge in [-0.1, -0.05) is 12.1 Å². The number of nitriles is 1. The van der Waals surface area contributed by atoms with Crippen molar-refractivity contribution in [2.24, 2.45) is 0 Å². The normalized spacial score (nSPS) is 16.9. The van der Waals surface area contributed by atoms with Crippen molar-refractivity contribution < 1.29 is 23.0 Å². The van der Waals surface area contributed by atoms with Gasteiger partial charge < -0.3 is 14.8 Å². The number of nitrogens with one attached hydrogen (secondary N) is 1. The van der Waals surface area contributed by atoms with Crippen LogP contribution in [0.25, 0.3) is 0 Å². The number of benzene rings is 1. The van der Waals surface area contributed by atoms with Crippen LogP contribution in [0.4, 0.5) is 8.78 Å². The average molecular weight is 306 g/mol. The van der Waals surface area contributed by atoms with Gasteiger partial charge in [-0.3, -0.25) is 0 Å². The Balaban J connectivity index is 2.51. The van der Waals surface area contributed by atoms with Crippen LogP contribution in [0.1, 0.15) is 11.5 Å². The third kappa shape index (κ3) is 3.13. The molecule has 7 heteroatoms. The average Bonchev–Trinajstić information content (AvgIpc) is 2.47. The van der Waals surface area contributed by atoms with E-state index in [1.54, 1.807) is 0 Å². The first-order chi connectivity index (χ1) is 10.6. The number of esters is 1. The number of hydrogen-bond donors (Lipinski definition) is 1. The smallest absolute Gasteiger partial charge is 0.352 e. The fourth-order valence-electron chi connectivity index (χ4n) is 2.23. The molecule has 2 rings (SSSR count). The van der Waals surface area contributed by atoms with Gasteiger partial charge in [-0.05, 0) is 17.8 Å². The Bertz CT molecular complexity index is 693. The van der Waals surface area contributed by atoms with Crippen LogP contribution in [0, 0.1) is 23.2 Å². The van der Waals surface area contributed by atoms with Gasteiger partial charge in [0, 0.05) is 19.1 Å². The lowest BCUT2D eigenvalue weighted by Crippen LogP contribution is -2.26. The summed E-state index contributed by atoms with van der Waals surface area (Å²) >= 11 is 0. The highest BCUT2D eigenvalue weighted by molar-refractivity contribution is 5.92. The molecule has 0 saturated carbocycles.